The van der Waals surface area contributed by atoms with Gasteiger partial charge in [0, 0.05) is 0 Å². The highest BCUT2D eigenvalue weighted by Crippen LogP contribution is 2.15. The van der Waals surface area contributed by atoms with Crippen molar-refractivity contribution in [3.05, 3.63) is 42.1 Å². The highest BCUT2D eigenvalue weighted by atomic mass is 32.1. The van der Waals surface area contributed by atoms with Crippen molar-refractivity contribution in [3.8, 4) is 5.75 Å². The van der Waals surface area contributed by atoms with Crippen molar-refractivity contribution in [1.82, 2.24) is 4.37 Å². The third-order valence-corrected chi connectivity index (χ3v) is 2.80. The molecule has 17 heavy (non-hydrogen) atoms. The first-order chi connectivity index (χ1) is 8.24. The lowest BCUT2D eigenvalue weighted by Gasteiger charge is -2.05. The maximum atomic E-state index is 11.5. The molecule has 1 heterocycles. The Bertz CT molecular complexity index is 496. The number of hydrogen-bond donors (Lipinski definition) is 1. The van der Waals surface area contributed by atoms with Crippen molar-refractivity contribution in [1.29, 1.82) is 0 Å². The Morgan fingerprint density at radius 1 is 1.41 bits per heavy atom. The van der Waals surface area contributed by atoms with Crippen LogP contribution in [0.5, 0.6) is 5.75 Å². The summed E-state index contributed by atoms with van der Waals surface area (Å²) in [5, 5.41) is 3.47. The molecule has 5 heteroatoms. The zero-order chi connectivity index (χ0) is 12.1. The summed E-state index contributed by atoms with van der Waals surface area (Å²) in [6.07, 6.45) is 0. The summed E-state index contributed by atoms with van der Waals surface area (Å²) in [5.41, 5.74) is 0.897. The lowest BCUT2D eigenvalue weighted by atomic mass is 10.3. The molecule has 0 unspecified atom stereocenters. The van der Waals surface area contributed by atoms with Gasteiger partial charge < -0.3 is 10.1 Å². The molecule has 0 saturated heterocycles. The van der Waals surface area contributed by atoms with Crippen LogP contribution < -0.4 is 10.1 Å². The number of ether oxygens (including phenoxy) is 1. The molecule has 1 N–H and O–H groups in total. The number of aryl methyl sites for hydroxylation is 1. The van der Waals surface area contributed by atoms with Gasteiger partial charge in [0.15, 0.2) is 6.61 Å². The van der Waals surface area contributed by atoms with Gasteiger partial charge in [-0.25, -0.2) is 0 Å². The summed E-state index contributed by atoms with van der Waals surface area (Å²) in [6.45, 7) is 1.88. The fraction of sp³-hybridized carbons (Fsp3) is 0.167. The molecule has 0 fully saturated rings. The molecule has 0 saturated carbocycles. The predicted molar refractivity (Wildman–Crippen MR) is 67.4 cm³/mol. The number of nitrogens with one attached hydrogen (secondary N) is 1. The van der Waals surface area contributed by atoms with E-state index in [0.717, 1.165) is 10.7 Å². The standard InChI is InChI=1S/C12H12N2O2S/c1-9-7-12(17-14-9)13-11(15)8-16-10-5-3-2-4-6-10/h2-7H,8H2,1H3,(H,13,15). The lowest BCUT2D eigenvalue weighted by Crippen LogP contribution is -2.19. The summed E-state index contributed by atoms with van der Waals surface area (Å²) in [7, 11) is 0. The first kappa shape index (κ1) is 11.6. The van der Waals surface area contributed by atoms with E-state index in [9.17, 15) is 4.79 Å². The SMILES string of the molecule is Cc1cc(NC(=O)COc2ccccc2)sn1. The molecule has 1 aromatic heterocycles. The topological polar surface area (TPSA) is 51.2 Å². The van der Waals surface area contributed by atoms with Gasteiger partial charge in [-0.15, -0.1) is 0 Å². The second-order valence-electron chi connectivity index (χ2n) is 3.48. The summed E-state index contributed by atoms with van der Waals surface area (Å²) >= 11 is 1.26. The van der Waals surface area contributed by atoms with Crippen LogP contribution in [-0.2, 0) is 4.79 Å². The van der Waals surface area contributed by atoms with E-state index < -0.39 is 0 Å². The van der Waals surface area contributed by atoms with Gasteiger partial charge in [-0.1, -0.05) is 18.2 Å². The Hall–Kier alpha value is -1.88. The summed E-state index contributed by atoms with van der Waals surface area (Å²) < 4.78 is 9.39. The summed E-state index contributed by atoms with van der Waals surface area (Å²) in [5.74, 6) is 0.501. The first-order valence-corrected chi connectivity index (χ1v) is 5.92. The number of amides is 1. The van der Waals surface area contributed by atoms with Crippen LogP contribution in [0, 0.1) is 6.92 Å². The van der Waals surface area contributed by atoms with Gasteiger partial charge in [0.1, 0.15) is 10.8 Å². The third-order valence-electron chi connectivity index (χ3n) is 2.00. The van der Waals surface area contributed by atoms with Crippen molar-refractivity contribution in [3.63, 3.8) is 0 Å². The number of hydrogen-bond acceptors (Lipinski definition) is 4. The Morgan fingerprint density at radius 2 is 2.18 bits per heavy atom. The van der Waals surface area contributed by atoms with Crippen molar-refractivity contribution in [2.45, 2.75) is 6.92 Å². The minimum Gasteiger partial charge on any atom is -0.484 e. The Morgan fingerprint density at radius 3 is 2.82 bits per heavy atom. The van der Waals surface area contributed by atoms with Crippen LogP contribution in [0.4, 0.5) is 5.00 Å². The fourth-order valence-corrected chi connectivity index (χ4v) is 1.94. The largest absolute Gasteiger partial charge is 0.484 e. The molecule has 2 aromatic rings. The minimum atomic E-state index is -0.183. The quantitative estimate of drug-likeness (QED) is 0.904. The van der Waals surface area contributed by atoms with Crippen LogP contribution in [0.3, 0.4) is 0 Å². The molecule has 1 aromatic carbocycles. The maximum Gasteiger partial charge on any atom is 0.262 e. The molecule has 4 nitrogen and oxygen atoms in total. The van der Waals surface area contributed by atoms with Crippen LogP contribution in [-0.4, -0.2) is 16.9 Å². The number of carbonyl (C=O) groups is 1. The average molecular weight is 248 g/mol. The summed E-state index contributed by atoms with van der Waals surface area (Å²) in [6, 6.07) is 11.1. The first-order valence-electron chi connectivity index (χ1n) is 5.15. The van der Waals surface area contributed by atoms with E-state index in [-0.39, 0.29) is 12.5 Å². The second-order valence-corrected chi connectivity index (χ2v) is 4.29. The normalized spacial score (nSPS) is 9.94. The smallest absolute Gasteiger partial charge is 0.262 e. The van der Waals surface area contributed by atoms with Gasteiger partial charge in [-0.05, 0) is 36.7 Å². The predicted octanol–water partition coefficient (Wildman–Crippen LogP) is 2.47. The number of anilines is 1. The van der Waals surface area contributed by atoms with E-state index in [2.05, 4.69) is 9.69 Å². The molecule has 0 atom stereocenters. The molecular formula is C12H12N2O2S. The summed E-state index contributed by atoms with van der Waals surface area (Å²) in [4.78, 5) is 11.5. The highest BCUT2D eigenvalue weighted by Gasteiger charge is 2.05. The number of carbonyl (C=O) groups excluding carboxylic acids is 1. The molecule has 0 aliphatic carbocycles. The number of aromatic nitrogens is 1. The van der Waals surface area contributed by atoms with Gasteiger partial charge in [-0.2, -0.15) is 4.37 Å². The fourth-order valence-electron chi connectivity index (χ4n) is 1.26. The van der Waals surface area contributed by atoms with Crippen LogP contribution in [0.2, 0.25) is 0 Å². The second kappa shape index (κ2) is 5.45. The van der Waals surface area contributed by atoms with E-state index in [1.165, 1.54) is 11.5 Å². The molecule has 1 amide bonds. The van der Waals surface area contributed by atoms with Crippen LogP contribution in [0.15, 0.2) is 36.4 Å². The monoisotopic (exact) mass is 248 g/mol. The van der Waals surface area contributed by atoms with Crippen molar-refractivity contribution >= 4 is 22.4 Å². The molecule has 0 aliphatic heterocycles. The van der Waals surface area contributed by atoms with E-state index >= 15 is 0 Å². The molecule has 0 bridgehead atoms. The average Bonchev–Trinajstić information content (AvgIpc) is 2.73. The van der Waals surface area contributed by atoms with E-state index in [4.69, 9.17) is 4.74 Å². The zero-order valence-electron chi connectivity index (χ0n) is 9.34. The maximum absolute atomic E-state index is 11.5. The van der Waals surface area contributed by atoms with Crippen molar-refractivity contribution in [2.75, 3.05) is 11.9 Å². The van der Waals surface area contributed by atoms with Crippen molar-refractivity contribution in [2.24, 2.45) is 0 Å². The minimum absolute atomic E-state index is 0.000953. The Balaban J connectivity index is 1.82. The van der Waals surface area contributed by atoms with Crippen LogP contribution in [0.25, 0.3) is 0 Å². The van der Waals surface area contributed by atoms with Gasteiger partial charge in [-0.3, -0.25) is 4.79 Å². The van der Waals surface area contributed by atoms with E-state index in [1.54, 1.807) is 0 Å². The number of para-hydroxylation sites is 1. The van der Waals surface area contributed by atoms with E-state index in [1.807, 2.05) is 43.3 Å². The molecule has 0 spiro atoms. The zero-order valence-corrected chi connectivity index (χ0v) is 10.2. The number of nitrogens with zero attached hydrogens (tertiary/aromatic N) is 1. The third kappa shape index (κ3) is 3.57. The van der Waals surface area contributed by atoms with Gasteiger partial charge >= 0.3 is 0 Å². The van der Waals surface area contributed by atoms with Gasteiger partial charge in [0.25, 0.3) is 5.91 Å². The molecule has 2 rings (SSSR count). The Labute approximate surface area is 103 Å². The van der Waals surface area contributed by atoms with E-state index in [0.29, 0.717) is 5.75 Å². The van der Waals surface area contributed by atoms with Gasteiger partial charge in [0.2, 0.25) is 0 Å². The molecule has 0 aliphatic rings. The van der Waals surface area contributed by atoms with Crippen LogP contribution in [0.1, 0.15) is 5.69 Å². The number of rotatable bonds is 4. The van der Waals surface area contributed by atoms with Crippen LogP contribution >= 0.6 is 11.5 Å². The Kier molecular flexibility index (Phi) is 3.72. The van der Waals surface area contributed by atoms with Gasteiger partial charge in [0.05, 0.1) is 5.69 Å². The lowest BCUT2D eigenvalue weighted by molar-refractivity contribution is -0.118. The van der Waals surface area contributed by atoms with Crippen molar-refractivity contribution < 1.29 is 9.53 Å². The number of benzene rings is 1. The highest BCUT2D eigenvalue weighted by molar-refractivity contribution is 7.10. The molecule has 0 radical (unpaired) electrons. The molecular weight excluding hydrogens is 236 g/mol. The molecule has 88 valence electrons.